The first-order valence-corrected chi connectivity index (χ1v) is 9.74. The molecule has 11 heteroatoms. The molecule has 168 valence electrons. The maximum atomic E-state index is 13.3. The first kappa shape index (κ1) is 23.2. The second-order valence-electron chi connectivity index (χ2n) is 7.05. The van der Waals surface area contributed by atoms with E-state index in [9.17, 15) is 22.8 Å². The number of carbonyl (C=O) groups excluding carboxylic acids is 2. The maximum absolute atomic E-state index is 13.3. The van der Waals surface area contributed by atoms with Crippen LogP contribution in [-0.4, -0.2) is 49.5 Å². The minimum absolute atomic E-state index is 0.0274. The summed E-state index contributed by atoms with van der Waals surface area (Å²) in [7, 11) is 1.37. The number of piperazine rings is 1. The summed E-state index contributed by atoms with van der Waals surface area (Å²) in [6.07, 6.45) is -4.72. The summed E-state index contributed by atoms with van der Waals surface area (Å²) in [5, 5.41) is 9.33. The fraction of sp³-hybridized carbons (Fsp3) is 0.286. The Hall–Kier alpha value is -3.45. The highest BCUT2D eigenvalue weighted by molar-refractivity contribution is 6.30. The Balaban J connectivity index is 1.90. The van der Waals surface area contributed by atoms with E-state index in [4.69, 9.17) is 27.3 Å². The Morgan fingerprint density at radius 2 is 1.94 bits per heavy atom. The summed E-state index contributed by atoms with van der Waals surface area (Å²) in [5.74, 6) is -1.10. The van der Waals surface area contributed by atoms with Crippen molar-refractivity contribution in [1.82, 2.24) is 4.90 Å². The van der Waals surface area contributed by atoms with Crippen LogP contribution in [0.2, 0.25) is 5.02 Å². The maximum Gasteiger partial charge on any atom is 0.417 e. The molecule has 0 saturated carbocycles. The average Bonchev–Trinajstić information content (AvgIpc) is 2.77. The third-order valence-corrected chi connectivity index (χ3v) is 5.39. The lowest BCUT2D eigenvalue weighted by Crippen LogP contribution is -2.60. The van der Waals surface area contributed by atoms with E-state index >= 15 is 0 Å². The molecule has 7 nitrogen and oxygen atoms in total. The molecule has 1 atom stereocenters. The Labute approximate surface area is 186 Å². The van der Waals surface area contributed by atoms with Gasteiger partial charge in [0, 0.05) is 30.3 Å². The third kappa shape index (κ3) is 4.57. The summed E-state index contributed by atoms with van der Waals surface area (Å²) in [5.41, 5.74) is 4.28. The van der Waals surface area contributed by atoms with Gasteiger partial charge in [-0.05, 0) is 36.4 Å². The Morgan fingerprint density at radius 3 is 2.53 bits per heavy atom. The summed E-state index contributed by atoms with van der Waals surface area (Å²) in [4.78, 5) is 28.0. The van der Waals surface area contributed by atoms with Gasteiger partial charge in [-0.1, -0.05) is 11.6 Å². The molecule has 1 aliphatic heterocycles. The number of nitriles is 1. The van der Waals surface area contributed by atoms with E-state index < -0.39 is 35.2 Å². The van der Waals surface area contributed by atoms with Crippen LogP contribution >= 0.6 is 11.6 Å². The van der Waals surface area contributed by atoms with Gasteiger partial charge in [-0.2, -0.15) is 18.4 Å². The molecule has 1 heterocycles. The summed E-state index contributed by atoms with van der Waals surface area (Å²) in [6.45, 7) is 0.0639. The molecule has 2 N–H and O–H groups in total. The summed E-state index contributed by atoms with van der Waals surface area (Å²) >= 11 is 5.93. The van der Waals surface area contributed by atoms with Crippen molar-refractivity contribution in [2.24, 2.45) is 5.73 Å². The number of ether oxygens (including phenoxy) is 1. The molecule has 0 radical (unpaired) electrons. The SMILES string of the molecule is COc1cc(Cl)ccc1C(=O)N1CCN(c2ccc(C#N)c(C(F)(F)F)c2)CC1C(N)=O. The highest BCUT2D eigenvalue weighted by Crippen LogP contribution is 2.35. The van der Waals surface area contributed by atoms with Crippen LogP contribution < -0.4 is 15.4 Å². The Kier molecular flexibility index (Phi) is 6.50. The molecule has 1 fully saturated rings. The summed E-state index contributed by atoms with van der Waals surface area (Å²) < 4.78 is 45.2. The molecule has 0 aromatic heterocycles. The van der Waals surface area contributed by atoms with Gasteiger partial charge >= 0.3 is 6.18 Å². The molecular formula is C21H18ClF3N4O3. The zero-order chi connectivity index (χ0) is 23.6. The lowest BCUT2D eigenvalue weighted by Gasteiger charge is -2.41. The van der Waals surface area contributed by atoms with Gasteiger partial charge in [0.1, 0.15) is 11.8 Å². The minimum atomic E-state index is -4.72. The number of benzene rings is 2. The van der Waals surface area contributed by atoms with Crippen molar-refractivity contribution in [3.05, 3.63) is 58.1 Å². The van der Waals surface area contributed by atoms with E-state index in [2.05, 4.69) is 0 Å². The van der Waals surface area contributed by atoms with Gasteiger partial charge < -0.3 is 20.3 Å². The van der Waals surface area contributed by atoms with Crippen molar-refractivity contribution in [3.8, 4) is 11.8 Å². The number of hydrogen-bond acceptors (Lipinski definition) is 5. The van der Waals surface area contributed by atoms with E-state index in [1.54, 1.807) is 0 Å². The Bertz CT molecular complexity index is 1100. The van der Waals surface area contributed by atoms with Crippen molar-refractivity contribution in [2.75, 3.05) is 31.6 Å². The van der Waals surface area contributed by atoms with Crippen LogP contribution in [0.5, 0.6) is 5.75 Å². The van der Waals surface area contributed by atoms with E-state index in [1.807, 2.05) is 0 Å². The van der Waals surface area contributed by atoms with Gasteiger partial charge in [0.05, 0.1) is 29.9 Å². The monoisotopic (exact) mass is 466 g/mol. The second-order valence-corrected chi connectivity index (χ2v) is 7.48. The number of carbonyl (C=O) groups is 2. The first-order valence-electron chi connectivity index (χ1n) is 9.37. The lowest BCUT2D eigenvalue weighted by atomic mass is 10.0. The van der Waals surface area contributed by atoms with E-state index in [-0.39, 0.29) is 36.6 Å². The predicted molar refractivity (Wildman–Crippen MR) is 110 cm³/mol. The van der Waals surface area contributed by atoms with Crippen molar-refractivity contribution < 1.29 is 27.5 Å². The van der Waals surface area contributed by atoms with Crippen molar-refractivity contribution >= 4 is 29.1 Å². The van der Waals surface area contributed by atoms with Gasteiger partial charge in [0.2, 0.25) is 5.91 Å². The molecule has 2 aromatic carbocycles. The molecule has 0 aliphatic carbocycles. The molecule has 0 spiro atoms. The number of alkyl halides is 3. The second kappa shape index (κ2) is 8.96. The van der Waals surface area contributed by atoms with Gasteiger partial charge in [0.15, 0.2) is 0 Å². The average molecular weight is 467 g/mol. The number of nitrogens with zero attached hydrogens (tertiary/aromatic N) is 3. The molecule has 32 heavy (non-hydrogen) atoms. The first-order chi connectivity index (χ1) is 15.1. The molecule has 2 amide bonds. The van der Waals surface area contributed by atoms with E-state index in [0.717, 1.165) is 12.1 Å². The van der Waals surface area contributed by atoms with Crippen LogP contribution in [0.25, 0.3) is 0 Å². The fourth-order valence-electron chi connectivity index (χ4n) is 3.56. The third-order valence-electron chi connectivity index (χ3n) is 5.16. The standard InChI is InChI=1S/C21H18ClF3N4O3/c1-32-18-8-13(22)3-5-15(18)20(31)29-7-6-28(11-17(29)19(27)30)14-4-2-12(10-26)16(9-14)21(23,24)25/h2-5,8-9,17H,6-7,11H2,1H3,(H2,27,30). The number of halogens is 4. The molecule has 1 aliphatic rings. The topological polar surface area (TPSA) is 99.7 Å². The van der Waals surface area contributed by atoms with Gasteiger partial charge in [-0.3, -0.25) is 9.59 Å². The quantitative estimate of drug-likeness (QED) is 0.746. The minimum Gasteiger partial charge on any atom is -0.496 e. The smallest absolute Gasteiger partial charge is 0.417 e. The van der Waals surface area contributed by atoms with Crippen LogP contribution in [0.3, 0.4) is 0 Å². The van der Waals surface area contributed by atoms with Crippen LogP contribution in [0.4, 0.5) is 18.9 Å². The lowest BCUT2D eigenvalue weighted by molar-refractivity contribution is -0.137. The molecule has 2 aromatic rings. The number of methoxy groups -OCH3 is 1. The van der Waals surface area contributed by atoms with Crippen LogP contribution in [0.1, 0.15) is 21.5 Å². The van der Waals surface area contributed by atoms with Gasteiger partial charge in [-0.25, -0.2) is 0 Å². The Morgan fingerprint density at radius 1 is 1.22 bits per heavy atom. The van der Waals surface area contributed by atoms with Crippen LogP contribution in [-0.2, 0) is 11.0 Å². The van der Waals surface area contributed by atoms with Crippen molar-refractivity contribution in [1.29, 1.82) is 5.26 Å². The zero-order valence-corrected chi connectivity index (χ0v) is 17.6. The van der Waals surface area contributed by atoms with Crippen molar-refractivity contribution in [3.63, 3.8) is 0 Å². The number of nitrogens with two attached hydrogens (primary N) is 1. The number of hydrogen-bond donors (Lipinski definition) is 1. The number of rotatable bonds is 4. The molecular weight excluding hydrogens is 449 g/mol. The normalized spacial score (nSPS) is 16.4. The van der Waals surface area contributed by atoms with Crippen LogP contribution in [0.15, 0.2) is 36.4 Å². The molecule has 0 bridgehead atoms. The largest absolute Gasteiger partial charge is 0.496 e. The number of amides is 2. The molecule has 3 rings (SSSR count). The highest BCUT2D eigenvalue weighted by Gasteiger charge is 2.38. The summed E-state index contributed by atoms with van der Waals surface area (Å²) in [6, 6.07) is 8.16. The van der Waals surface area contributed by atoms with E-state index in [1.165, 1.54) is 47.2 Å². The van der Waals surface area contributed by atoms with Gasteiger partial charge in [0.25, 0.3) is 5.91 Å². The van der Waals surface area contributed by atoms with Crippen LogP contribution in [0, 0.1) is 11.3 Å². The zero-order valence-electron chi connectivity index (χ0n) is 16.8. The van der Waals surface area contributed by atoms with Crippen molar-refractivity contribution in [2.45, 2.75) is 12.2 Å². The fourth-order valence-corrected chi connectivity index (χ4v) is 3.72. The molecule has 1 saturated heterocycles. The highest BCUT2D eigenvalue weighted by atomic mass is 35.5. The van der Waals surface area contributed by atoms with Gasteiger partial charge in [-0.15, -0.1) is 0 Å². The number of primary amides is 1. The van der Waals surface area contributed by atoms with E-state index in [0.29, 0.717) is 5.02 Å². The number of anilines is 1. The predicted octanol–water partition coefficient (Wildman–Crippen LogP) is 3.06. The molecule has 1 unspecified atom stereocenters.